The number of esters is 1. The highest BCUT2D eigenvalue weighted by atomic mass is 16.5. The number of rotatable bonds is 7. The largest absolute Gasteiger partial charge is 0.461 e. The Morgan fingerprint density at radius 3 is 1.95 bits per heavy atom. The Hall–Kier alpha value is -2.42. The van der Waals surface area contributed by atoms with Crippen molar-refractivity contribution >= 4 is 11.8 Å². The number of hydrogen-bond acceptors (Lipinski definition) is 3. The van der Waals surface area contributed by atoms with Crippen LogP contribution in [-0.4, -0.2) is 11.8 Å². The molecular weight excluding hydrogens is 264 g/mol. The maximum Gasteiger partial charge on any atom is 0.306 e. The lowest BCUT2D eigenvalue weighted by Crippen LogP contribution is -2.09. The predicted molar refractivity (Wildman–Crippen MR) is 80.6 cm³/mol. The maximum atomic E-state index is 11.8. The molecule has 0 spiro atoms. The van der Waals surface area contributed by atoms with Crippen LogP contribution in [0.15, 0.2) is 60.7 Å². The molecule has 0 aliphatic heterocycles. The molecule has 0 saturated heterocycles. The third-order valence-electron chi connectivity index (χ3n) is 3.09. The van der Waals surface area contributed by atoms with E-state index in [1.807, 2.05) is 60.7 Å². The third-order valence-corrected chi connectivity index (χ3v) is 3.09. The Labute approximate surface area is 124 Å². The summed E-state index contributed by atoms with van der Waals surface area (Å²) in [5, 5.41) is 0. The van der Waals surface area contributed by atoms with Crippen molar-refractivity contribution < 1.29 is 14.3 Å². The van der Waals surface area contributed by atoms with Gasteiger partial charge in [-0.15, -0.1) is 0 Å². The summed E-state index contributed by atoms with van der Waals surface area (Å²) in [6.07, 6.45) is 0.730. The number of Topliss-reactive ketones (excluding diaryl/α,β-unsaturated/α-hetero) is 1. The van der Waals surface area contributed by atoms with Gasteiger partial charge in [-0.3, -0.25) is 9.59 Å². The van der Waals surface area contributed by atoms with E-state index in [2.05, 4.69) is 0 Å². The molecule has 0 heterocycles. The normalized spacial score (nSPS) is 10.1. The SMILES string of the molecule is O=C(CCC(=O)OCc1ccccc1)Cc1ccccc1. The summed E-state index contributed by atoms with van der Waals surface area (Å²) in [6, 6.07) is 19.0. The minimum atomic E-state index is -0.333. The molecule has 2 aromatic carbocycles. The van der Waals surface area contributed by atoms with Gasteiger partial charge in [-0.25, -0.2) is 0 Å². The van der Waals surface area contributed by atoms with Gasteiger partial charge in [0.25, 0.3) is 0 Å². The van der Waals surface area contributed by atoms with Crippen LogP contribution in [0, 0.1) is 0 Å². The first-order valence-electron chi connectivity index (χ1n) is 6.99. The van der Waals surface area contributed by atoms with Crippen LogP contribution >= 0.6 is 0 Å². The van der Waals surface area contributed by atoms with Gasteiger partial charge in [0.2, 0.25) is 0 Å². The third kappa shape index (κ3) is 5.61. The molecular formula is C18H18O3. The minimum Gasteiger partial charge on any atom is -0.461 e. The van der Waals surface area contributed by atoms with Gasteiger partial charge in [-0.05, 0) is 11.1 Å². The van der Waals surface area contributed by atoms with E-state index >= 15 is 0 Å². The zero-order valence-electron chi connectivity index (χ0n) is 11.8. The molecule has 0 amide bonds. The van der Waals surface area contributed by atoms with Crippen LogP contribution in [0.1, 0.15) is 24.0 Å². The minimum absolute atomic E-state index is 0.0536. The lowest BCUT2D eigenvalue weighted by Gasteiger charge is -2.05. The zero-order valence-corrected chi connectivity index (χ0v) is 11.8. The summed E-state index contributed by atoms with van der Waals surface area (Å²) in [7, 11) is 0. The zero-order chi connectivity index (χ0) is 14.9. The molecule has 0 N–H and O–H groups in total. The molecule has 0 atom stereocenters. The van der Waals surface area contributed by atoms with Gasteiger partial charge in [0.1, 0.15) is 12.4 Å². The summed E-state index contributed by atoms with van der Waals surface area (Å²) in [6.45, 7) is 0.256. The van der Waals surface area contributed by atoms with Gasteiger partial charge < -0.3 is 4.74 Å². The second-order valence-corrected chi connectivity index (χ2v) is 4.85. The quantitative estimate of drug-likeness (QED) is 0.732. The lowest BCUT2D eigenvalue weighted by molar-refractivity contribution is -0.146. The number of carbonyl (C=O) groups is 2. The fraction of sp³-hybridized carbons (Fsp3) is 0.222. The average Bonchev–Trinajstić information content (AvgIpc) is 2.53. The monoisotopic (exact) mass is 282 g/mol. The summed E-state index contributed by atoms with van der Waals surface area (Å²) in [4.78, 5) is 23.4. The first-order chi connectivity index (χ1) is 10.2. The Morgan fingerprint density at radius 2 is 1.33 bits per heavy atom. The lowest BCUT2D eigenvalue weighted by atomic mass is 10.1. The summed E-state index contributed by atoms with van der Waals surface area (Å²) < 4.78 is 5.14. The van der Waals surface area contributed by atoms with Crippen LogP contribution in [0.2, 0.25) is 0 Å². The highest BCUT2D eigenvalue weighted by Gasteiger charge is 2.09. The highest BCUT2D eigenvalue weighted by molar-refractivity contribution is 5.84. The molecule has 0 unspecified atom stereocenters. The van der Waals surface area contributed by atoms with Crippen molar-refractivity contribution in [1.29, 1.82) is 0 Å². The number of hydrogen-bond donors (Lipinski definition) is 0. The molecule has 0 aliphatic rings. The van der Waals surface area contributed by atoms with E-state index < -0.39 is 0 Å². The summed E-state index contributed by atoms with van der Waals surface area (Å²) >= 11 is 0. The molecule has 0 saturated carbocycles. The average molecular weight is 282 g/mol. The van der Waals surface area contributed by atoms with Crippen LogP contribution in [0.4, 0.5) is 0 Å². The predicted octanol–water partition coefficient (Wildman–Crippen LogP) is 3.32. The Bertz CT molecular complexity index is 576. The van der Waals surface area contributed by atoms with Crippen LogP contribution in [0.25, 0.3) is 0 Å². The van der Waals surface area contributed by atoms with Crippen molar-refractivity contribution in [3.8, 4) is 0 Å². The topological polar surface area (TPSA) is 43.4 Å². The molecule has 21 heavy (non-hydrogen) atoms. The fourth-order valence-electron chi connectivity index (χ4n) is 1.96. The van der Waals surface area contributed by atoms with Crippen molar-refractivity contribution in [2.45, 2.75) is 25.9 Å². The van der Waals surface area contributed by atoms with Crippen molar-refractivity contribution in [2.75, 3.05) is 0 Å². The van der Waals surface area contributed by atoms with E-state index in [1.165, 1.54) is 0 Å². The van der Waals surface area contributed by atoms with Gasteiger partial charge in [0, 0.05) is 12.8 Å². The second kappa shape index (κ2) is 8.00. The van der Waals surface area contributed by atoms with E-state index in [4.69, 9.17) is 4.74 Å². The Morgan fingerprint density at radius 1 is 0.762 bits per heavy atom. The van der Waals surface area contributed by atoms with E-state index in [0.717, 1.165) is 11.1 Å². The molecule has 3 nitrogen and oxygen atoms in total. The van der Waals surface area contributed by atoms with Gasteiger partial charge in [-0.1, -0.05) is 60.7 Å². The Kier molecular flexibility index (Phi) is 5.71. The first kappa shape index (κ1) is 15.0. The van der Waals surface area contributed by atoms with Gasteiger partial charge in [-0.2, -0.15) is 0 Å². The molecule has 2 aromatic rings. The smallest absolute Gasteiger partial charge is 0.306 e. The van der Waals surface area contributed by atoms with Crippen molar-refractivity contribution in [1.82, 2.24) is 0 Å². The standard InChI is InChI=1S/C18H18O3/c19-17(13-15-7-3-1-4-8-15)11-12-18(20)21-14-16-9-5-2-6-10-16/h1-10H,11-14H2. The van der Waals surface area contributed by atoms with E-state index in [0.29, 0.717) is 6.42 Å². The maximum absolute atomic E-state index is 11.8. The second-order valence-electron chi connectivity index (χ2n) is 4.85. The van der Waals surface area contributed by atoms with E-state index in [-0.39, 0.29) is 31.2 Å². The highest BCUT2D eigenvalue weighted by Crippen LogP contribution is 2.06. The number of ketones is 1. The van der Waals surface area contributed by atoms with Crippen LogP contribution in [0.5, 0.6) is 0 Å². The van der Waals surface area contributed by atoms with Crippen molar-refractivity contribution in [2.24, 2.45) is 0 Å². The van der Waals surface area contributed by atoms with E-state index in [1.54, 1.807) is 0 Å². The fourth-order valence-corrected chi connectivity index (χ4v) is 1.96. The van der Waals surface area contributed by atoms with E-state index in [9.17, 15) is 9.59 Å². The molecule has 0 aliphatic carbocycles. The van der Waals surface area contributed by atoms with Crippen molar-refractivity contribution in [3.63, 3.8) is 0 Å². The summed E-state index contributed by atoms with van der Waals surface area (Å²) in [5.41, 5.74) is 1.92. The van der Waals surface area contributed by atoms with Gasteiger partial charge in [0.05, 0.1) is 6.42 Å². The molecule has 2 rings (SSSR count). The molecule has 3 heteroatoms. The number of carbonyl (C=O) groups excluding carboxylic acids is 2. The molecule has 0 fully saturated rings. The molecule has 0 bridgehead atoms. The number of ether oxygens (including phenoxy) is 1. The molecule has 108 valence electrons. The molecule has 0 aromatic heterocycles. The van der Waals surface area contributed by atoms with Gasteiger partial charge in [0.15, 0.2) is 0 Å². The van der Waals surface area contributed by atoms with Crippen LogP contribution < -0.4 is 0 Å². The summed E-state index contributed by atoms with van der Waals surface area (Å²) in [5.74, 6) is -0.280. The van der Waals surface area contributed by atoms with Crippen LogP contribution in [0.3, 0.4) is 0 Å². The first-order valence-corrected chi connectivity index (χ1v) is 6.99. The van der Waals surface area contributed by atoms with Crippen molar-refractivity contribution in [3.05, 3.63) is 71.8 Å². The molecule has 0 radical (unpaired) electrons. The number of benzene rings is 2. The van der Waals surface area contributed by atoms with Gasteiger partial charge >= 0.3 is 5.97 Å². The van der Waals surface area contributed by atoms with Crippen LogP contribution in [-0.2, 0) is 27.4 Å². The Balaban J connectivity index is 1.68.